The van der Waals surface area contributed by atoms with Gasteiger partial charge in [0.15, 0.2) is 5.11 Å². The highest BCUT2D eigenvalue weighted by Crippen LogP contribution is 2.19. The third-order valence-corrected chi connectivity index (χ3v) is 5.17. The summed E-state index contributed by atoms with van der Waals surface area (Å²) in [6.45, 7) is 6.80. The van der Waals surface area contributed by atoms with Crippen LogP contribution >= 0.6 is 12.2 Å². The lowest BCUT2D eigenvalue weighted by Gasteiger charge is -2.21. The van der Waals surface area contributed by atoms with Gasteiger partial charge in [0.2, 0.25) is 0 Å². The molecule has 0 fully saturated rings. The zero-order valence-electron chi connectivity index (χ0n) is 18.9. The second-order valence-electron chi connectivity index (χ2n) is 7.13. The van der Waals surface area contributed by atoms with Gasteiger partial charge in [0.25, 0.3) is 5.91 Å². The zero-order valence-corrected chi connectivity index (χ0v) is 19.7. The maximum atomic E-state index is 12.8. The van der Waals surface area contributed by atoms with Gasteiger partial charge in [-0.15, -0.1) is 0 Å². The number of ether oxygens (including phenoxy) is 2. The molecule has 0 aliphatic heterocycles. The number of anilines is 2. The fraction of sp³-hybridized carbons (Fsp3) is 0.231. The van der Waals surface area contributed by atoms with Crippen LogP contribution in [0.1, 0.15) is 24.2 Å². The number of hydrogen-bond donors (Lipinski definition) is 2. The highest BCUT2D eigenvalue weighted by Gasteiger charge is 2.14. The lowest BCUT2D eigenvalue weighted by molar-refractivity contribution is 0.0972. The van der Waals surface area contributed by atoms with Crippen molar-refractivity contribution in [3.05, 3.63) is 84.4 Å². The molecule has 0 bridgehead atoms. The summed E-state index contributed by atoms with van der Waals surface area (Å²) in [7, 11) is 0. The highest BCUT2D eigenvalue weighted by molar-refractivity contribution is 7.80. The van der Waals surface area contributed by atoms with Crippen LogP contribution in [0, 0.1) is 0 Å². The van der Waals surface area contributed by atoms with Gasteiger partial charge in [0.1, 0.15) is 24.7 Å². The minimum Gasteiger partial charge on any atom is -0.490 e. The summed E-state index contributed by atoms with van der Waals surface area (Å²) >= 11 is 5.33. The van der Waals surface area contributed by atoms with E-state index in [-0.39, 0.29) is 11.0 Å². The molecule has 0 aliphatic rings. The van der Waals surface area contributed by atoms with Crippen molar-refractivity contribution in [2.45, 2.75) is 13.8 Å². The lowest BCUT2D eigenvalue weighted by Crippen LogP contribution is -2.34. The summed E-state index contributed by atoms with van der Waals surface area (Å²) < 4.78 is 11.4. The number of para-hydroxylation sites is 2. The van der Waals surface area contributed by atoms with E-state index >= 15 is 0 Å². The molecule has 6 nitrogen and oxygen atoms in total. The number of carbonyl (C=O) groups is 1. The van der Waals surface area contributed by atoms with Gasteiger partial charge in [-0.25, -0.2) is 0 Å². The van der Waals surface area contributed by atoms with E-state index in [4.69, 9.17) is 21.7 Å². The van der Waals surface area contributed by atoms with Crippen molar-refractivity contribution in [3.63, 3.8) is 0 Å². The molecule has 3 rings (SSSR count). The lowest BCUT2D eigenvalue weighted by atomic mass is 10.2. The Labute approximate surface area is 200 Å². The standard InChI is InChI=1S/C26H29N3O3S/c1-3-29(4-2)21-16-14-20(15-17-21)27-26(33)28-25(30)23-12-8-9-13-24(23)32-19-18-31-22-10-6-5-7-11-22/h5-17H,3-4,18-19H2,1-2H3,(H2,27,28,30,33). The molecule has 3 aromatic rings. The van der Waals surface area contributed by atoms with Crippen molar-refractivity contribution >= 4 is 34.6 Å². The minimum atomic E-state index is -0.341. The van der Waals surface area contributed by atoms with E-state index < -0.39 is 0 Å². The third-order valence-electron chi connectivity index (χ3n) is 4.97. The van der Waals surface area contributed by atoms with E-state index in [0.29, 0.717) is 24.5 Å². The average Bonchev–Trinajstić information content (AvgIpc) is 2.84. The van der Waals surface area contributed by atoms with Crippen molar-refractivity contribution in [2.24, 2.45) is 0 Å². The maximum absolute atomic E-state index is 12.8. The van der Waals surface area contributed by atoms with Crippen LogP contribution in [-0.2, 0) is 0 Å². The molecule has 2 N–H and O–H groups in total. The number of carbonyl (C=O) groups excluding carboxylic acids is 1. The van der Waals surface area contributed by atoms with Gasteiger partial charge in [-0.1, -0.05) is 30.3 Å². The average molecular weight is 464 g/mol. The van der Waals surface area contributed by atoms with Crippen molar-refractivity contribution < 1.29 is 14.3 Å². The van der Waals surface area contributed by atoms with Crippen molar-refractivity contribution in [1.82, 2.24) is 5.32 Å². The number of amides is 1. The van der Waals surface area contributed by atoms with Crippen LogP contribution in [0.5, 0.6) is 11.5 Å². The van der Waals surface area contributed by atoms with Crippen LogP contribution in [0.4, 0.5) is 11.4 Å². The first-order chi connectivity index (χ1) is 16.1. The van der Waals surface area contributed by atoms with Crippen molar-refractivity contribution in [1.29, 1.82) is 0 Å². The summed E-state index contributed by atoms with van der Waals surface area (Å²) in [5, 5.41) is 6.00. The van der Waals surface area contributed by atoms with Crippen LogP contribution in [0.3, 0.4) is 0 Å². The molecule has 0 saturated heterocycles. The molecule has 0 aromatic heterocycles. The number of rotatable bonds is 10. The number of benzene rings is 3. The molecule has 0 atom stereocenters. The number of hydrogen-bond acceptors (Lipinski definition) is 5. The van der Waals surface area contributed by atoms with Gasteiger partial charge in [-0.05, 0) is 74.6 Å². The molecule has 0 heterocycles. The fourth-order valence-electron chi connectivity index (χ4n) is 3.29. The zero-order chi connectivity index (χ0) is 23.5. The third kappa shape index (κ3) is 7.22. The molecule has 172 valence electrons. The Bertz CT molecular complexity index is 1040. The van der Waals surface area contributed by atoms with Crippen LogP contribution in [0.15, 0.2) is 78.9 Å². The molecule has 7 heteroatoms. The van der Waals surface area contributed by atoms with E-state index in [0.717, 1.165) is 30.2 Å². The SMILES string of the molecule is CCN(CC)c1ccc(NC(=S)NC(=O)c2ccccc2OCCOc2ccccc2)cc1. The molecule has 0 aliphatic carbocycles. The van der Waals surface area contributed by atoms with E-state index in [1.165, 1.54) is 0 Å². The molecular formula is C26H29N3O3S. The molecule has 0 unspecified atom stereocenters. The van der Waals surface area contributed by atoms with Gasteiger partial charge < -0.3 is 19.7 Å². The Balaban J connectivity index is 1.52. The van der Waals surface area contributed by atoms with Crippen LogP contribution in [0.2, 0.25) is 0 Å². The molecule has 3 aromatic carbocycles. The largest absolute Gasteiger partial charge is 0.490 e. The molecule has 1 amide bonds. The van der Waals surface area contributed by atoms with Gasteiger partial charge in [0.05, 0.1) is 5.56 Å². The monoisotopic (exact) mass is 463 g/mol. The van der Waals surface area contributed by atoms with Crippen LogP contribution in [-0.4, -0.2) is 37.3 Å². The van der Waals surface area contributed by atoms with Crippen LogP contribution < -0.4 is 25.0 Å². The Kier molecular flexibility index (Phi) is 9.08. The van der Waals surface area contributed by atoms with E-state index in [2.05, 4.69) is 29.4 Å². The Morgan fingerprint density at radius 2 is 1.48 bits per heavy atom. The summed E-state index contributed by atoms with van der Waals surface area (Å²) in [5.74, 6) is 0.901. The molecule has 0 radical (unpaired) electrons. The van der Waals surface area contributed by atoms with Crippen molar-refractivity contribution in [3.8, 4) is 11.5 Å². The molecular weight excluding hydrogens is 434 g/mol. The smallest absolute Gasteiger partial charge is 0.261 e. The van der Waals surface area contributed by atoms with Gasteiger partial charge >= 0.3 is 0 Å². The second kappa shape index (κ2) is 12.5. The highest BCUT2D eigenvalue weighted by atomic mass is 32.1. The molecule has 0 spiro atoms. The number of thiocarbonyl (C=S) groups is 1. The Hall–Kier alpha value is -3.58. The van der Waals surface area contributed by atoms with E-state index in [1.54, 1.807) is 18.2 Å². The van der Waals surface area contributed by atoms with Crippen LogP contribution in [0.25, 0.3) is 0 Å². The summed E-state index contributed by atoms with van der Waals surface area (Å²) in [5.41, 5.74) is 2.35. The number of nitrogens with zero attached hydrogens (tertiary/aromatic N) is 1. The second-order valence-corrected chi connectivity index (χ2v) is 7.54. The number of nitrogens with one attached hydrogen (secondary N) is 2. The summed E-state index contributed by atoms with van der Waals surface area (Å²) in [6.07, 6.45) is 0. The summed E-state index contributed by atoms with van der Waals surface area (Å²) in [4.78, 5) is 15.0. The Morgan fingerprint density at radius 3 is 2.18 bits per heavy atom. The fourth-order valence-corrected chi connectivity index (χ4v) is 3.50. The van der Waals surface area contributed by atoms with E-state index in [1.807, 2.05) is 60.7 Å². The Morgan fingerprint density at radius 1 is 0.848 bits per heavy atom. The van der Waals surface area contributed by atoms with Gasteiger partial charge in [0, 0.05) is 24.5 Å². The normalized spacial score (nSPS) is 10.2. The predicted octanol–water partition coefficient (Wildman–Crippen LogP) is 5.12. The maximum Gasteiger partial charge on any atom is 0.261 e. The topological polar surface area (TPSA) is 62.8 Å². The van der Waals surface area contributed by atoms with Crippen molar-refractivity contribution in [2.75, 3.05) is 36.5 Å². The first-order valence-electron chi connectivity index (χ1n) is 11.0. The predicted molar refractivity (Wildman–Crippen MR) is 138 cm³/mol. The first kappa shape index (κ1) is 24.1. The molecule has 0 saturated carbocycles. The quantitative estimate of drug-likeness (QED) is 0.322. The van der Waals surface area contributed by atoms with Gasteiger partial charge in [-0.3, -0.25) is 10.1 Å². The minimum absolute atomic E-state index is 0.220. The summed E-state index contributed by atoms with van der Waals surface area (Å²) in [6, 6.07) is 24.5. The van der Waals surface area contributed by atoms with E-state index in [9.17, 15) is 4.79 Å². The van der Waals surface area contributed by atoms with Gasteiger partial charge in [-0.2, -0.15) is 0 Å². The first-order valence-corrected chi connectivity index (χ1v) is 11.4. The molecule has 33 heavy (non-hydrogen) atoms.